The Labute approximate surface area is 131 Å². The van der Waals surface area contributed by atoms with Crippen LogP contribution in [0.1, 0.15) is 5.69 Å². The summed E-state index contributed by atoms with van der Waals surface area (Å²) in [6, 6.07) is 6.67. The molecule has 0 atom stereocenters. The van der Waals surface area contributed by atoms with Gasteiger partial charge in [0.15, 0.2) is 10.5 Å². The second-order valence-corrected chi connectivity index (χ2v) is 7.30. The van der Waals surface area contributed by atoms with Crippen molar-refractivity contribution in [2.24, 2.45) is 0 Å². The van der Waals surface area contributed by atoms with Crippen LogP contribution in [-0.2, 0) is 9.84 Å². The second kappa shape index (κ2) is 5.36. The average molecular weight is 337 g/mol. The Hall–Kier alpha value is -1.93. The van der Waals surface area contributed by atoms with Crippen LogP contribution in [0.5, 0.6) is 0 Å². The molecule has 0 saturated heterocycles. The van der Waals surface area contributed by atoms with Crippen molar-refractivity contribution in [1.82, 2.24) is 14.6 Å². The highest BCUT2D eigenvalue weighted by Crippen LogP contribution is 2.32. The molecule has 22 heavy (non-hydrogen) atoms. The van der Waals surface area contributed by atoms with E-state index in [9.17, 15) is 12.8 Å². The molecule has 8 heteroatoms. The lowest BCUT2D eigenvalue weighted by Crippen LogP contribution is -2.04. The number of hydrogen-bond acceptors (Lipinski definition) is 5. The summed E-state index contributed by atoms with van der Waals surface area (Å²) < 4.78 is 40.6. The molecule has 0 aliphatic carbocycles. The van der Waals surface area contributed by atoms with E-state index in [1.807, 2.05) is 6.92 Å². The fourth-order valence-electron chi connectivity index (χ4n) is 2.14. The Morgan fingerprint density at radius 1 is 1.27 bits per heavy atom. The van der Waals surface area contributed by atoms with E-state index >= 15 is 0 Å². The van der Waals surface area contributed by atoms with E-state index in [1.54, 1.807) is 12.3 Å². The molecular weight excluding hydrogens is 325 g/mol. The fraction of sp³-hybridized carbons (Fsp3) is 0.143. The Bertz CT molecular complexity index is 967. The van der Waals surface area contributed by atoms with Gasteiger partial charge in [0.25, 0.3) is 0 Å². The molecule has 114 valence electrons. The normalized spacial score (nSPS) is 12.0. The van der Waals surface area contributed by atoms with E-state index in [1.165, 1.54) is 40.7 Å². The maximum atomic E-state index is 13.4. The van der Waals surface area contributed by atoms with Crippen molar-refractivity contribution < 1.29 is 12.8 Å². The van der Waals surface area contributed by atoms with Crippen LogP contribution in [0, 0.1) is 12.7 Å². The van der Waals surface area contributed by atoms with Crippen LogP contribution in [0.15, 0.2) is 51.3 Å². The summed E-state index contributed by atoms with van der Waals surface area (Å²) in [5, 5.41) is 4.63. The lowest BCUT2D eigenvalue weighted by molar-refractivity contribution is 0.589. The number of hydrogen-bond donors (Lipinski definition) is 0. The molecule has 0 spiro atoms. The van der Waals surface area contributed by atoms with Gasteiger partial charge in [0, 0.05) is 11.9 Å². The molecule has 0 bridgehead atoms. The number of rotatable bonds is 3. The van der Waals surface area contributed by atoms with E-state index in [0.717, 1.165) is 11.8 Å². The number of aryl methyl sites for hydroxylation is 1. The Morgan fingerprint density at radius 3 is 2.73 bits per heavy atom. The van der Waals surface area contributed by atoms with Crippen molar-refractivity contribution in [3.05, 3.63) is 48.0 Å². The maximum Gasteiger partial charge on any atom is 0.213 e. The molecule has 0 radical (unpaired) electrons. The van der Waals surface area contributed by atoms with E-state index in [2.05, 4.69) is 10.1 Å². The first-order valence-corrected chi connectivity index (χ1v) is 9.05. The first-order valence-electron chi connectivity index (χ1n) is 6.34. The number of thioether (sulfide) groups is 1. The standard InChI is InChI=1S/C14H12FN3O2S2/c1-9-6-7-16-13-12(14(21-2)17-18(9)13)22(19,20)11-5-3-4-10(15)8-11/h3-8H,1-2H3. The van der Waals surface area contributed by atoms with Crippen LogP contribution in [0.25, 0.3) is 5.65 Å². The monoisotopic (exact) mass is 337 g/mol. The second-order valence-electron chi connectivity index (χ2n) is 4.62. The van der Waals surface area contributed by atoms with Crippen LogP contribution in [0.4, 0.5) is 4.39 Å². The van der Waals surface area contributed by atoms with Gasteiger partial charge in [0.2, 0.25) is 9.84 Å². The minimum absolute atomic E-state index is 0.00861. The Morgan fingerprint density at radius 2 is 2.05 bits per heavy atom. The average Bonchev–Trinajstić information content (AvgIpc) is 2.88. The van der Waals surface area contributed by atoms with Gasteiger partial charge in [0.1, 0.15) is 10.8 Å². The summed E-state index contributed by atoms with van der Waals surface area (Å²) in [5.74, 6) is -0.604. The van der Waals surface area contributed by atoms with E-state index in [-0.39, 0.29) is 15.4 Å². The Kier molecular flexibility index (Phi) is 3.65. The molecule has 3 aromatic rings. The highest BCUT2D eigenvalue weighted by molar-refractivity contribution is 7.99. The van der Waals surface area contributed by atoms with Crippen molar-refractivity contribution in [1.29, 1.82) is 0 Å². The number of nitrogens with zero attached hydrogens (tertiary/aromatic N) is 3. The fourth-order valence-corrected chi connectivity index (χ4v) is 4.57. The lowest BCUT2D eigenvalue weighted by atomic mass is 10.4. The van der Waals surface area contributed by atoms with Gasteiger partial charge in [-0.3, -0.25) is 0 Å². The van der Waals surface area contributed by atoms with E-state index in [0.29, 0.717) is 5.03 Å². The quantitative estimate of drug-likeness (QED) is 0.688. The predicted molar refractivity (Wildman–Crippen MR) is 81.4 cm³/mol. The van der Waals surface area contributed by atoms with Gasteiger partial charge < -0.3 is 0 Å². The molecule has 0 fully saturated rings. The molecule has 0 unspecified atom stereocenters. The van der Waals surface area contributed by atoms with E-state index < -0.39 is 15.7 Å². The zero-order chi connectivity index (χ0) is 15.9. The first-order chi connectivity index (χ1) is 10.4. The highest BCUT2D eigenvalue weighted by Gasteiger charge is 2.28. The van der Waals surface area contributed by atoms with Crippen LogP contribution in [-0.4, -0.2) is 29.3 Å². The third kappa shape index (κ3) is 2.28. The maximum absolute atomic E-state index is 13.4. The number of fused-ring (bicyclic) bond motifs is 1. The van der Waals surface area contributed by atoms with Crippen molar-refractivity contribution >= 4 is 27.2 Å². The number of halogens is 1. The summed E-state index contributed by atoms with van der Waals surface area (Å²) in [6.07, 6.45) is 3.27. The van der Waals surface area contributed by atoms with Gasteiger partial charge in [-0.25, -0.2) is 22.3 Å². The molecule has 5 nitrogen and oxygen atoms in total. The molecule has 2 heterocycles. The van der Waals surface area contributed by atoms with Gasteiger partial charge in [-0.2, -0.15) is 5.10 Å². The molecule has 0 aliphatic rings. The number of benzene rings is 1. The van der Waals surface area contributed by atoms with Crippen molar-refractivity contribution in [2.75, 3.05) is 6.26 Å². The molecule has 2 aromatic heterocycles. The van der Waals surface area contributed by atoms with Gasteiger partial charge in [-0.05, 0) is 37.4 Å². The summed E-state index contributed by atoms with van der Waals surface area (Å²) in [5.41, 5.74) is 1.01. The van der Waals surface area contributed by atoms with Crippen molar-refractivity contribution in [2.45, 2.75) is 21.7 Å². The number of aromatic nitrogens is 3. The number of sulfone groups is 1. The first kappa shape index (κ1) is 15.0. The summed E-state index contributed by atoms with van der Waals surface area (Å²) in [6.45, 7) is 1.81. The Balaban J connectivity index is 2.36. The minimum Gasteiger partial charge on any atom is -0.236 e. The van der Waals surface area contributed by atoms with E-state index in [4.69, 9.17) is 0 Å². The van der Waals surface area contributed by atoms with Crippen LogP contribution < -0.4 is 0 Å². The largest absolute Gasteiger partial charge is 0.236 e. The van der Waals surface area contributed by atoms with Crippen LogP contribution >= 0.6 is 11.8 Å². The van der Waals surface area contributed by atoms with Gasteiger partial charge >= 0.3 is 0 Å². The molecule has 3 rings (SSSR count). The summed E-state index contributed by atoms with van der Waals surface area (Å²) in [4.78, 5) is 4.04. The molecule has 1 aromatic carbocycles. The molecule has 0 saturated carbocycles. The molecule has 0 N–H and O–H groups in total. The smallest absolute Gasteiger partial charge is 0.213 e. The zero-order valence-electron chi connectivity index (χ0n) is 11.8. The highest BCUT2D eigenvalue weighted by atomic mass is 32.2. The topological polar surface area (TPSA) is 64.3 Å². The SMILES string of the molecule is CSc1nn2c(C)ccnc2c1S(=O)(=O)c1cccc(F)c1. The zero-order valence-corrected chi connectivity index (χ0v) is 13.4. The molecular formula is C14H12FN3O2S2. The lowest BCUT2D eigenvalue weighted by Gasteiger charge is -2.04. The van der Waals surface area contributed by atoms with Gasteiger partial charge in [-0.1, -0.05) is 6.07 Å². The summed E-state index contributed by atoms with van der Waals surface area (Å²) in [7, 11) is -3.91. The predicted octanol–water partition coefficient (Wildman–Crippen LogP) is 2.73. The van der Waals surface area contributed by atoms with Gasteiger partial charge in [-0.15, -0.1) is 11.8 Å². The molecule has 0 aliphatic heterocycles. The summed E-state index contributed by atoms with van der Waals surface area (Å²) >= 11 is 1.21. The van der Waals surface area contributed by atoms with Crippen LogP contribution in [0.3, 0.4) is 0 Å². The third-order valence-electron chi connectivity index (χ3n) is 3.20. The molecule has 0 amide bonds. The third-order valence-corrected chi connectivity index (χ3v) is 5.79. The van der Waals surface area contributed by atoms with Crippen molar-refractivity contribution in [3.63, 3.8) is 0 Å². The van der Waals surface area contributed by atoms with Gasteiger partial charge in [0.05, 0.1) is 4.90 Å². The minimum atomic E-state index is -3.91. The van der Waals surface area contributed by atoms with Crippen molar-refractivity contribution in [3.8, 4) is 0 Å². The van der Waals surface area contributed by atoms with Crippen LogP contribution in [0.2, 0.25) is 0 Å².